The Bertz CT molecular complexity index is 346. The summed E-state index contributed by atoms with van der Waals surface area (Å²) < 4.78 is 0. The molecule has 0 aliphatic carbocycles. The van der Waals surface area contributed by atoms with Gasteiger partial charge in [-0.3, -0.25) is 4.90 Å². The van der Waals surface area contributed by atoms with Gasteiger partial charge in [0.05, 0.1) is 5.69 Å². The zero-order chi connectivity index (χ0) is 12.7. The molecule has 0 unspecified atom stereocenters. The second-order valence-electron chi connectivity index (χ2n) is 4.27. The molecule has 0 bridgehead atoms. The molecular formula is C13H23N3S. The average Bonchev–Trinajstić information content (AvgIpc) is 2.72. The van der Waals surface area contributed by atoms with E-state index in [2.05, 4.69) is 47.9 Å². The Labute approximate surface area is 109 Å². The van der Waals surface area contributed by atoms with Gasteiger partial charge in [-0.05, 0) is 20.0 Å². The first-order valence-electron chi connectivity index (χ1n) is 6.16. The SMILES string of the molecule is C=C(C)CN(CC)Cc1csc(CNCC)n1. The summed E-state index contributed by atoms with van der Waals surface area (Å²) >= 11 is 1.74. The van der Waals surface area contributed by atoms with Crippen LogP contribution in [0, 0.1) is 0 Å². The summed E-state index contributed by atoms with van der Waals surface area (Å²) in [5, 5.41) is 6.63. The topological polar surface area (TPSA) is 28.2 Å². The molecule has 0 fully saturated rings. The summed E-state index contributed by atoms with van der Waals surface area (Å²) in [5.41, 5.74) is 2.38. The summed E-state index contributed by atoms with van der Waals surface area (Å²) in [6, 6.07) is 0. The number of aromatic nitrogens is 1. The van der Waals surface area contributed by atoms with Gasteiger partial charge in [0.2, 0.25) is 0 Å². The Balaban J connectivity index is 2.48. The summed E-state index contributed by atoms with van der Waals surface area (Å²) in [5.74, 6) is 0. The molecule has 0 radical (unpaired) electrons. The summed E-state index contributed by atoms with van der Waals surface area (Å²) in [6.45, 7) is 15.1. The molecule has 0 aromatic carbocycles. The van der Waals surface area contributed by atoms with Crippen LogP contribution in [-0.2, 0) is 13.1 Å². The second-order valence-corrected chi connectivity index (χ2v) is 5.22. The van der Waals surface area contributed by atoms with E-state index in [4.69, 9.17) is 0 Å². The Hall–Kier alpha value is -0.710. The molecule has 0 aliphatic rings. The maximum atomic E-state index is 4.63. The molecule has 3 nitrogen and oxygen atoms in total. The van der Waals surface area contributed by atoms with E-state index in [1.54, 1.807) is 11.3 Å². The summed E-state index contributed by atoms with van der Waals surface area (Å²) in [7, 11) is 0. The van der Waals surface area contributed by atoms with Crippen molar-refractivity contribution in [1.82, 2.24) is 15.2 Å². The molecule has 0 atom stereocenters. The molecular weight excluding hydrogens is 230 g/mol. The lowest BCUT2D eigenvalue weighted by atomic mass is 10.3. The van der Waals surface area contributed by atoms with Crippen LogP contribution < -0.4 is 5.32 Å². The van der Waals surface area contributed by atoms with Gasteiger partial charge < -0.3 is 5.32 Å². The number of rotatable bonds is 8. The third kappa shape index (κ3) is 5.44. The molecule has 0 saturated carbocycles. The molecule has 1 rings (SSSR count). The number of hydrogen-bond acceptors (Lipinski definition) is 4. The van der Waals surface area contributed by atoms with Crippen LogP contribution in [-0.4, -0.2) is 29.5 Å². The molecule has 1 aromatic rings. The third-order valence-corrected chi connectivity index (χ3v) is 3.35. The number of nitrogens with one attached hydrogen (secondary N) is 1. The highest BCUT2D eigenvalue weighted by Crippen LogP contribution is 2.12. The fraction of sp³-hybridized carbons (Fsp3) is 0.615. The minimum atomic E-state index is 0.883. The first-order valence-corrected chi connectivity index (χ1v) is 7.04. The first kappa shape index (κ1) is 14.4. The van der Waals surface area contributed by atoms with Crippen LogP contribution in [0.3, 0.4) is 0 Å². The number of hydrogen-bond donors (Lipinski definition) is 1. The lowest BCUT2D eigenvalue weighted by Crippen LogP contribution is -2.24. The third-order valence-electron chi connectivity index (χ3n) is 2.45. The Morgan fingerprint density at radius 2 is 2.29 bits per heavy atom. The van der Waals surface area contributed by atoms with Crippen molar-refractivity contribution in [2.24, 2.45) is 0 Å². The first-order chi connectivity index (χ1) is 8.15. The van der Waals surface area contributed by atoms with Crippen molar-refractivity contribution >= 4 is 11.3 Å². The lowest BCUT2D eigenvalue weighted by Gasteiger charge is -2.18. The Morgan fingerprint density at radius 3 is 2.88 bits per heavy atom. The van der Waals surface area contributed by atoms with Gasteiger partial charge in [0, 0.05) is 25.0 Å². The van der Waals surface area contributed by atoms with Crippen LogP contribution in [0.4, 0.5) is 0 Å². The molecule has 1 aromatic heterocycles. The van der Waals surface area contributed by atoms with Gasteiger partial charge in [-0.15, -0.1) is 11.3 Å². The molecule has 17 heavy (non-hydrogen) atoms. The zero-order valence-electron chi connectivity index (χ0n) is 11.1. The van der Waals surface area contributed by atoms with Crippen LogP contribution in [0.15, 0.2) is 17.5 Å². The van der Waals surface area contributed by atoms with E-state index in [0.29, 0.717) is 0 Å². The van der Waals surface area contributed by atoms with Crippen molar-refractivity contribution in [3.8, 4) is 0 Å². The van der Waals surface area contributed by atoms with Crippen molar-refractivity contribution in [3.05, 3.63) is 28.2 Å². The van der Waals surface area contributed by atoms with Crippen molar-refractivity contribution in [2.75, 3.05) is 19.6 Å². The fourth-order valence-corrected chi connectivity index (χ4v) is 2.38. The van der Waals surface area contributed by atoms with Gasteiger partial charge in [-0.25, -0.2) is 4.98 Å². The summed E-state index contributed by atoms with van der Waals surface area (Å²) in [6.07, 6.45) is 0. The van der Waals surface area contributed by atoms with Gasteiger partial charge in [-0.2, -0.15) is 0 Å². The van der Waals surface area contributed by atoms with Crippen molar-refractivity contribution < 1.29 is 0 Å². The van der Waals surface area contributed by atoms with Crippen molar-refractivity contribution in [3.63, 3.8) is 0 Å². The predicted molar refractivity (Wildman–Crippen MR) is 75.3 cm³/mol. The van der Waals surface area contributed by atoms with E-state index in [1.165, 1.54) is 16.3 Å². The van der Waals surface area contributed by atoms with Crippen LogP contribution >= 0.6 is 11.3 Å². The normalized spacial score (nSPS) is 11.1. The molecule has 4 heteroatoms. The van der Waals surface area contributed by atoms with Crippen molar-refractivity contribution in [1.29, 1.82) is 0 Å². The monoisotopic (exact) mass is 253 g/mol. The van der Waals surface area contributed by atoms with Gasteiger partial charge in [0.15, 0.2) is 0 Å². The zero-order valence-corrected chi connectivity index (χ0v) is 11.9. The number of likely N-dealkylation sites (N-methyl/N-ethyl adjacent to an activating group) is 1. The number of nitrogens with zero attached hydrogens (tertiary/aromatic N) is 2. The molecule has 1 N–H and O–H groups in total. The minimum Gasteiger partial charge on any atom is -0.311 e. The Morgan fingerprint density at radius 1 is 1.53 bits per heavy atom. The molecule has 0 amide bonds. The maximum absolute atomic E-state index is 4.63. The maximum Gasteiger partial charge on any atom is 0.107 e. The fourth-order valence-electron chi connectivity index (χ4n) is 1.62. The van der Waals surface area contributed by atoms with Gasteiger partial charge in [0.1, 0.15) is 5.01 Å². The minimum absolute atomic E-state index is 0.883. The second kappa shape index (κ2) is 7.58. The highest BCUT2D eigenvalue weighted by atomic mass is 32.1. The van der Waals surface area contributed by atoms with E-state index < -0.39 is 0 Å². The van der Waals surface area contributed by atoms with E-state index in [1.807, 2.05) is 0 Å². The van der Waals surface area contributed by atoms with E-state index >= 15 is 0 Å². The molecule has 96 valence electrons. The molecule has 0 spiro atoms. The standard InChI is InChI=1S/C13H23N3S/c1-5-14-7-13-15-12(10-17-13)9-16(6-2)8-11(3)4/h10,14H,3,5-9H2,1-2,4H3. The Kier molecular flexibility index (Phi) is 6.40. The largest absolute Gasteiger partial charge is 0.311 e. The van der Waals surface area contributed by atoms with Crippen LogP contribution in [0.1, 0.15) is 31.5 Å². The number of thiazole rings is 1. The average molecular weight is 253 g/mol. The predicted octanol–water partition coefficient (Wildman–Crippen LogP) is 2.65. The molecule has 0 aliphatic heterocycles. The van der Waals surface area contributed by atoms with Gasteiger partial charge >= 0.3 is 0 Å². The van der Waals surface area contributed by atoms with Crippen molar-refractivity contribution in [2.45, 2.75) is 33.9 Å². The highest BCUT2D eigenvalue weighted by Gasteiger charge is 2.07. The van der Waals surface area contributed by atoms with Gasteiger partial charge in [0.25, 0.3) is 0 Å². The lowest BCUT2D eigenvalue weighted by molar-refractivity contribution is 0.301. The quantitative estimate of drug-likeness (QED) is 0.722. The smallest absolute Gasteiger partial charge is 0.107 e. The summed E-state index contributed by atoms with van der Waals surface area (Å²) in [4.78, 5) is 6.98. The van der Waals surface area contributed by atoms with Gasteiger partial charge in [-0.1, -0.05) is 26.0 Å². The van der Waals surface area contributed by atoms with Crippen LogP contribution in [0.2, 0.25) is 0 Å². The molecule has 1 heterocycles. The van der Waals surface area contributed by atoms with Crippen LogP contribution in [0.25, 0.3) is 0 Å². The van der Waals surface area contributed by atoms with E-state index in [9.17, 15) is 0 Å². The van der Waals surface area contributed by atoms with E-state index in [0.717, 1.165) is 32.7 Å². The van der Waals surface area contributed by atoms with Crippen LogP contribution in [0.5, 0.6) is 0 Å². The van der Waals surface area contributed by atoms with E-state index in [-0.39, 0.29) is 0 Å². The molecule has 0 saturated heterocycles. The highest BCUT2D eigenvalue weighted by molar-refractivity contribution is 7.09.